The van der Waals surface area contributed by atoms with Crippen molar-refractivity contribution < 1.29 is 18.7 Å². The SMILES string of the molecule is Cn1ccc(C(=O)N2C[C@@H](O)C[C@@H]2c2cc(F)ccc2F)cc1=O. The number of carbonyl (C=O) groups excluding carboxylic acids is 1. The second-order valence-corrected chi connectivity index (χ2v) is 5.89. The van der Waals surface area contributed by atoms with E-state index in [9.17, 15) is 23.5 Å². The van der Waals surface area contributed by atoms with E-state index >= 15 is 0 Å². The molecule has 1 saturated heterocycles. The van der Waals surface area contributed by atoms with Gasteiger partial charge in [-0.05, 0) is 30.7 Å². The van der Waals surface area contributed by atoms with Crippen molar-refractivity contribution in [3.8, 4) is 0 Å². The molecule has 1 amide bonds. The summed E-state index contributed by atoms with van der Waals surface area (Å²) in [4.78, 5) is 25.7. The van der Waals surface area contributed by atoms with Gasteiger partial charge in [-0.15, -0.1) is 0 Å². The molecule has 0 bridgehead atoms. The Bertz CT molecular complexity index is 850. The monoisotopic (exact) mass is 334 g/mol. The zero-order valence-electron chi connectivity index (χ0n) is 12.9. The molecular weight excluding hydrogens is 318 g/mol. The van der Waals surface area contributed by atoms with Gasteiger partial charge in [0, 0.05) is 37.0 Å². The van der Waals surface area contributed by atoms with E-state index in [4.69, 9.17) is 0 Å². The van der Waals surface area contributed by atoms with Crippen molar-refractivity contribution in [2.24, 2.45) is 7.05 Å². The molecule has 1 aliphatic rings. The molecule has 7 heteroatoms. The Balaban J connectivity index is 1.98. The highest BCUT2D eigenvalue weighted by atomic mass is 19.1. The molecule has 0 aliphatic carbocycles. The zero-order chi connectivity index (χ0) is 17.4. The van der Waals surface area contributed by atoms with Crippen molar-refractivity contribution in [1.29, 1.82) is 0 Å². The van der Waals surface area contributed by atoms with E-state index < -0.39 is 29.7 Å². The molecule has 2 atom stereocenters. The number of pyridine rings is 1. The Morgan fingerprint density at radius 3 is 2.71 bits per heavy atom. The number of amides is 1. The summed E-state index contributed by atoms with van der Waals surface area (Å²) in [7, 11) is 1.56. The number of aromatic nitrogens is 1. The third-order valence-electron chi connectivity index (χ3n) is 4.21. The quantitative estimate of drug-likeness (QED) is 0.908. The Morgan fingerprint density at radius 2 is 2.00 bits per heavy atom. The summed E-state index contributed by atoms with van der Waals surface area (Å²) < 4.78 is 28.9. The predicted molar refractivity (Wildman–Crippen MR) is 82.4 cm³/mol. The number of nitrogens with zero attached hydrogens (tertiary/aromatic N) is 2. The third kappa shape index (κ3) is 2.94. The molecule has 0 unspecified atom stereocenters. The van der Waals surface area contributed by atoms with Gasteiger partial charge >= 0.3 is 0 Å². The minimum absolute atomic E-state index is 0.00529. The largest absolute Gasteiger partial charge is 0.391 e. The molecule has 1 aromatic heterocycles. The molecule has 0 saturated carbocycles. The molecular formula is C17H16F2N2O3. The van der Waals surface area contributed by atoms with Gasteiger partial charge in [0.1, 0.15) is 11.6 Å². The average Bonchev–Trinajstić information content (AvgIpc) is 2.93. The van der Waals surface area contributed by atoms with Crippen LogP contribution in [0.15, 0.2) is 41.3 Å². The number of likely N-dealkylation sites (tertiary alicyclic amines) is 1. The van der Waals surface area contributed by atoms with E-state index in [1.165, 1.54) is 27.8 Å². The standard InChI is InChI=1S/C17H16F2N2O3/c1-20-5-4-10(6-16(20)23)17(24)21-9-12(22)8-15(21)13-7-11(18)2-3-14(13)19/h2-7,12,15,22H,8-9H2,1H3/t12-,15+/m0/s1. The van der Waals surface area contributed by atoms with E-state index in [0.29, 0.717) is 0 Å². The van der Waals surface area contributed by atoms with Crippen LogP contribution in [0.4, 0.5) is 8.78 Å². The van der Waals surface area contributed by atoms with Gasteiger partial charge in [0.05, 0.1) is 12.1 Å². The van der Waals surface area contributed by atoms with Crippen LogP contribution in [0.2, 0.25) is 0 Å². The summed E-state index contributed by atoms with van der Waals surface area (Å²) in [5.41, 5.74) is -0.188. The van der Waals surface area contributed by atoms with Crippen LogP contribution in [0.1, 0.15) is 28.4 Å². The molecule has 126 valence electrons. The topological polar surface area (TPSA) is 62.5 Å². The van der Waals surface area contributed by atoms with Gasteiger partial charge in [0.15, 0.2) is 0 Å². The highest BCUT2D eigenvalue weighted by molar-refractivity contribution is 5.94. The van der Waals surface area contributed by atoms with Crippen LogP contribution < -0.4 is 5.56 Å². The second-order valence-electron chi connectivity index (χ2n) is 5.89. The highest BCUT2D eigenvalue weighted by Crippen LogP contribution is 2.35. The summed E-state index contributed by atoms with van der Waals surface area (Å²) in [6.07, 6.45) is 0.727. The lowest BCUT2D eigenvalue weighted by Crippen LogP contribution is -2.33. The number of halogens is 2. The predicted octanol–water partition coefficient (Wildman–Crippen LogP) is 1.61. The average molecular weight is 334 g/mol. The lowest BCUT2D eigenvalue weighted by molar-refractivity contribution is 0.0713. The third-order valence-corrected chi connectivity index (χ3v) is 4.21. The molecule has 0 spiro atoms. The molecule has 1 aliphatic heterocycles. The highest BCUT2D eigenvalue weighted by Gasteiger charge is 2.37. The maximum atomic E-state index is 14.1. The number of hydrogen-bond donors (Lipinski definition) is 1. The van der Waals surface area contributed by atoms with Crippen molar-refractivity contribution in [2.45, 2.75) is 18.6 Å². The van der Waals surface area contributed by atoms with Crippen LogP contribution >= 0.6 is 0 Å². The van der Waals surface area contributed by atoms with E-state index in [2.05, 4.69) is 0 Å². The van der Waals surface area contributed by atoms with E-state index in [0.717, 1.165) is 18.2 Å². The van der Waals surface area contributed by atoms with Crippen LogP contribution in [-0.2, 0) is 7.05 Å². The molecule has 2 heterocycles. The molecule has 5 nitrogen and oxygen atoms in total. The molecule has 1 N–H and O–H groups in total. The van der Waals surface area contributed by atoms with Gasteiger partial charge < -0.3 is 14.6 Å². The number of aliphatic hydroxyl groups is 1. The summed E-state index contributed by atoms with van der Waals surface area (Å²) in [6, 6.07) is 4.90. The number of aliphatic hydroxyl groups excluding tert-OH is 1. The first kappa shape index (κ1) is 16.3. The fourth-order valence-electron chi connectivity index (χ4n) is 2.95. The number of benzene rings is 1. The first-order valence-corrected chi connectivity index (χ1v) is 7.47. The smallest absolute Gasteiger partial charge is 0.254 e. The maximum absolute atomic E-state index is 14.1. The van der Waals surface area contributed by atoms with Gasteiger partial charge in [0.2, 0.25) is 0 Å². The van der Waals surface area contributed by atoms with Gasteiger partial charge in [-0.25, -0.2) is 8.78 Å². The Hall–Kier alpha value is -2.54. The van der Waals surface area contributed by atoms with Crippen molar-refractivity contribution >= 4 is 5.91 Å². The Kier molecular flexibility index (Phi) is 4.19. The fraction of sp³-hybridized carbons (Fsp3) is 0.294. The molecule has 0 radical (unpaired) electrons. The Morgan fingerprint density at radius 1 is 1.25 bits per heavy atom. The van der Waals surface area contributed by atoms with Crippen LogP contribution in [0.25, 0.3) is 0 Å². The van der Waals surface area contributed by atoms with Gasteiger partial charge in [-0.3, -0.25) is 9.59 Å². The summed E-state index contributed by atoms with van der Waals surface area (Å²) in [5.74, 6) is -1.76. The van der Waals surface area contributed by atoms with Crippen LogP contribution in [0, 0.1) is 11.6 Å². The van der Waals surface area contributed by atoms with Crippen molar-refractivity contribution in [3.63, 3.8) is 0 Å². The van der Waals surface area contributed by atoms with Gasteiger partial charge in [-0.1, -0.05) is 0 Å². The summed E-state index contributed by atoms with van der Waals surface area (Å²) in [6.45, 7) is -0.00529. The summed E-state index contributed by atoms with van der Waals surface area (Å²) >= 11 is 0. The molecule has 24 heavy (non-hydrogen) atoms. The Labute approximate surface area is 136 Å². The molecule has 1 aromatic carbocycles. The minimum atomic E-state index is -0.840. The van der Waals surface area contributed by atoms with Crippen LogP contribution in [0.5, 0.6) is 0 Å². The lowest BCUT2D eigenvalue weighted by Gasteiger charge is -2.25. The maximum Gasteiger partial charge on any atom is 0.254 e. The minimum Gasteiger partial charge on any atom is -0.391 e. The van der Waals surface area contributed by atoms with Crippen molar-refractivity contribution in [1.82, 2.24) is 9.47 Å². The molecule has 1 fully saturated rings. The van der Waals surface area contributed by atoms with Gasteiger partial charge in [0.25, 0.3) is 11.5 Å². The van der Waals surface area contributed by atoms with E-state index in [1.807, 2.05) is 0 Å². The van der Waals surface area contributed by atoms with Crippen LogP contribution in [-0.4, -0.2) is 33.1 Å². The summed E-state index contributed by atoms with van der Waals surface area (Å²) in [5, 5.41) is 9.91. The van der Waals surface area contributed by atoms with Crippen LogP contribution in [0.3, 0.4) is 0 Å². The zero-order valence-corrected chi connectivity index (χ0v) is 12.9. The number of hydrogen-bond acceptors (Lipinski definition) is 3. The number of carbonyl (C=O) groups is 1. The first-order valence-electron chi connectivity index (χ1n) is 7.47. The number of rotatable bonds is 2. The van der Waals surface area contributed by atoms with Crippen molar-refractivity contribution in [3.05, 3.63) is 69.6 Å². The molecule has 3 rings (SSSR count). The first-order chi connectivity index (χ1) is 11.4. The van der Waals surface area contributed by atoms with Gasteiger partial charge in [-0.2, -0.15) is 0 Å². The number of aryl methyl sites for hydroxylation is 1. The van der Waals surface area contributed by atoms with E-state index in [-0.39, 0.29) is 29.7 Å². The normalized spacial score (nSPS) is 20.4. The lowest BCUT2D eigenvalue weighted by atomic mass is 10.0. The number of β-amino-alcohol motifs (C(OH)–C–C–N with tert-alkyl or cyclic N) is 1. The molecule has 2 aromatic rings. The second kappa shape index (κ2) is 6.16. The van der Waals surface area contributed by atoms with Crippen molar-refractivity contribution in [2.75, 3.05) is 6.54 Å². The van der Waals surface area contributed by atoms with E-state index in [1.54, 1.807) is 7.05 Å². The fourth-order valence-corrected chi connectivity index (χ4v) is 2.95.